The molecule has 3 heterocycles. The van der Waals surface area contributed by atoms with Crippen LogP contribution in [-0.4, -0.2) is 59.4 Å². The Morgan fingerprint density at radius 1 is 0.921 bits per heavy atom. The summed E-state index contributed by atoms with van der Waals surface area (Å²) in [7, 11) is 0. The van der Waals surface area contributed by atoms with Crippen LogP contribution >= 0.6 is 0 Å². The highest BCUT2D eigenvalue weighted by atomic mass is 16.5. The van der Waals surface area contributed by atoms with Crippen molar-refractivity contribution < 1.29 is 4.74 Å². The van der Waals surface area contributed by atoms with E-state index in [1.165, 1.54) is 43.4 Å². The average Bonchev–Trinajstić information content (AvgIpc) is 3.62. The number of likely N-dealkylation sites (tertiary alicyclic amines) is 1. The van der Waals surface area contributed by atoms with E-state index < -0.39 is 0 Å². The van der Waals surface area contributed by atoms with Gasteiger partial charge in [-0.15, -0.1) is 0 Å². The topological polar surface area (TPSA) is 60.2 Å². The van der Waals surface area contributed by atoms with Crippen LogP contribution in [0.1, 0.15) is 55.6 Å². The van der Waals surface area contributed by atoms with Crippen LogP contribution in [-0.2, 0) is 0 Å². The second kappa shape index (κ2) is 12.7. The molecule has 0 bridgehead atoms. The molecule has 0 aliphatic carbocycles. The molecule has 6 nitrogen and oxygen atoms in total. The summed E-state index contributed by atoms with van der Waals surface area (Å²) in [6.07, 6.45) is 14.2. The number of aromatic nitrogens is 3. The third-order valence-electron chi connectivity index (χ3n) is 7.33. The molecule has 6 heteroatoms. The molecule has 198 valence electrons. The quantitative estimate of drug-likeness (QED) is 0.230. The number of H-pyrrole nitrogens is 2. The van der Waals surface area contributed by atoms with Crippen LogP contribution in [0.25, 0.3) is 35.2 Å². The number of nitrogens with one attached hydrogen (secondary N) is 2. The maximum absolute atomic E-state index is 6.37. The Bertz CT molecular complexity index is 1370. The summed E-state index contributed by atoms with van der Waals surface area (Å²) in [5.74, 6) is 0.932. The largest absolute Gasteiger partial charge is 0.492 e. The smallest absolute Gasteiger partial charge is 0.128 e. The Kier molecular flexibility index (Phi) is 8.61. The molecule has 1 aliphatic rings. The zero-order chi connectivity index (χ0) is 26.2. The lowest BCUT2D eigenvalue weighted by Crippen LogP contribution is -2.33. The number of ether oxygens (including phenoxy) is 1. The highest BCUT2D eigenvalue weighted by molar-refractivity contribution is 5.83. The zero-order valence-corrected chi connectivity index (χ0v) is 22.6. The van der Waals surface area contributed by atoms with Gasteiger partial charge in [0.25, 0.3) is 0 Å². The third kappa shape index (κ3) is 6.56. The second-order valence-corrected chi connectivity index (χ2v) is 9.88. The highest BCUT2D eigenvalue weighted by Gasteiger charge is 2.12. The van der Waals surface area contributed by atoms with Gasteiger partial charge < -0.3 is 14.6 Å². The van der Waals surface area contributed by atoms with Gasteiger partial charge in [-0.2, -0.15) is 5.10 Å². The van der Waals surface area contributed by atoms with Crippen molar-refractivity contribution >= 4 is 40.9 Å². The summed E-state index contributed by atoms with van der Waals surface area (Å²) < 4.78 is 6.37. The van der Waals surface area contributed by atoms with E-state index in [4.69, 9.17) is 4.74 Å². The molecule has 1 saturated heterocycles. The lowest BCUT2D eigenvalue weighted by Gasteiger charge is -2.26. The minimum Gasteiger partial charge on any atom is -0.492 e. The van der Waals surface area contributed by atoms with Gasteiger partial charge in [0.1, 0.15) is 12.4 Å². The fourth-order valence-electron chi connectivity index (χ4n) is 5.09. The molecule has 2 N–H and O–H groups in total. The first-order chi connectivity index (χ1) is 18.7. The lowest BCUT2D eigenvalue weighted by molar-refractivity contribution is 0.183. The first kappa shape index (κ1) is 25.9. The summed E-state index contributed by atoms with van der Waals surface area (Å²) in [5.41, 5.74) is 6.40. The Morgan fingerprint density at radius 2 is 1.79 bits per heavy atom. The van der Waals surface area contributed by atoms with E-state index >= 15 is 0 Å². The number of hydrogen-bond donors (Lipinski definition) is 2. The molecule has 2 aromatic carbocycles. The minimum atomic E-state index is 0.704. The third-order valence-corrected chi connectivity index (χ3v) is 7.33. The van der Waals surface area contributed by atoms with Gasteiger partial charge >= 0.3 is 0 Å². The molecular formula is C32H39N5O. The van der Waals surface area contributed by atoms with E-state index in [2.05, 4.69) is 106 Å². The number of anilines is 1. The van der Waals surface area contributed by atoms with Gasteiger partial charge in [-0.3, -0.25) is 10.00 Å². The number of piperidine rings is 1. The van der Waals surface area contributed by atoms with Gasteiger partial charge in [0.2, 0.25) is 0 Å². The maximum atomic E-state index is 6.37. The van der Waals surface area contributed by atoms with Crippen molar-refractivity contribution in [2.24, 2.45) is 0 Å². The van der Waals surface area contributed by atoms with Gasteiger partial charge in [0, 0.05) is 48.7 Å². The van der Waals surface area contributed by atoms with E-state index in [0.717, 1.165) is 53.4 Å². The molecule has 0 spiro atoms. The molecule has 1 aliphatic heterocycles. The highest BCUT2D eigenvalue weighted by Crippen LogP contribution is 2.28. The SMILES string of the molecule is CCN(CC)c1ccc(/C=C/c2cc(/C=C/c3ccc4cc[nH]c4c3)n[nH]2)c(OCCN2CCCCC2)c1. The zero-order valence-electron chi connectivity index (χ0n) is 22.6. The molecule has 2 aromatic heterocycles. The first-order valence-electron chi connectivity index (χ1n) is 13.9. The standard InChI is InChI=1S/C32H39N5O/c1-3-37(4-2)30-15-12-27(32(24-30)38-21-20-36-18-6-5-7-19-36)11-14-29-23-28(34-35-29)13-9-25-8-10-26-16-17-33-31(26)22-25/h8-17,22-24,33H,3-7,18-21H2,1-2H3,(H,34,35)/b13-9+,14-11+. The lowest BCUT2D eigenvalue weighted by atomic mass is 10.1. The molecule has 0 unspecified atom stereocenters. The van der Waals surface area contributed by atoms with Crippen LogP contribution in [0.3, 0.4) is 0 Å². The van der Waals surface area contributed by atoms with Gasteiger partial charge in [0.05, 0.1) is 11.4 Å². The fourth-order valence-corrected chi connectivity index (χ4v) is 5.09. The van der Waals surface area contributed by atoms with E-state index in [-0.39, 0.29) is 0 Å². The number of aromatic amines is 2. The summed E-state index contributed by atoms with van der Waals surface area (Å²) in [6.45, 7) is 10.4. The normalized spacial score (nSPS) is 14.7. The number of fused-ring (bicyclic) bond motifs is 1. The van der Waals surface area contributed by atoms with Gasteiger partial charge in [-0.1, -0.05) is 24.6 Å². The van der Waals surface area contributed by atoms with Crippen LogP contribution in [0.2, 0.25) is 0 Å². The monoisotopic (exact) mass is 509 g/mol. The van der Waals surface area contributed by atoms with Crippen molar-refractivity contribution in [3.63, 3.8) is 0 Å². The molecule has 5 rings (SSSR count). The summed E-state index contributed by atoms with van der Waals surface area (Å²) in [6, 6.07) is 17.1. The van der Waals surface area contributed by atoms with Crippen molar-refractivity contribution in [1.29, 1.82) is 0 Å². The van der Waals surface area contributed by atoms with E-state index in [1.807, 2.05) is 12.3 Å². The van der Waals surface area contributed by atoms with E-state index in [9.17, 15) is 0 Å². The van der Waals surface area contributed by atoms with Crippen LogP contribution < -0.4 is 9.64 Å². The van der Waals surface area contributed by atoms with Crippen molar-refractivity contribution in [2.75, 3.05) is 44.2 Å². The van der Waals surface area contributed by atoms with Crippen molar-refractivity contribution in [3.8, 4) is 5.75 Å². The Labute approximate surface area is 226 Å². The van der Waals surface area contributed by atoms with Crippen LogP contribution in [0.5, 0.6) is 5.75 Å². The molecule has 0 radical (unpaired) electrons. The Balaban J connectivity index is 1.28. The Morgan fingerprint density at radius 3 is 2.63 bits per heavy atom. The van der Waals surface area contributed by atoms with Crippen LogP contribution in [0.4, 0.5) is 5.69 Å². The van der Waals surface area contributed by atoms with Crippen LogP contribution in [0.15, 0.2) is 54.7 Å². The molecule has 0 atom stereocenters. The van der Waals surface area contributed by atoms with E-state index in [1.54, 1.807) is 0 Å². The summed E-state index contributed by atoms with van der Waals surface area (Å²) in [5, 5.41) is 8.82. The van der Waals surface area contributed by atoms with Gasteiger partial charge in [0.15, 0.2) is 0 Å². The first-order valence-corrected chi connectivity index (χ1v) is 13.9. The van der Waals surface area contributed by atoms with E-state index in [0.29, 0.717) is 6.61 Å². The van der Waals surface area contributed by atoms with Crippen molar-refractivity contribution in [2.45, 2.75) is 33.1 Å². The average molecular weight is 510 g/mol. The predicted molar refractivity (Wildman–Crippen MR) is 161 cm³/mol. The summed E-state index contributed by atoms with van der Waals surface area (Å²) >= 11 is 0. The van der Waals surface area contributed by atoms with Gasteiger partial charge in [-0.05, 0) is 99.3 Å². The number of nitrogens with zero attached hydrogens (tertiary/aromatic N) is 3. The van der Waals surface area contributed by atoms with Crippen molar-refractivity contribution in [3.05, 3.63) is 77.2 Å². The number of hydrogen-bond acceptors (Lipinski definition) is 4. The maximum Gasteiger partial charge on any atom is 0.128 e. The minimum absolute atomic E-state index is 0.704. The molecule has 4 aromatic rings. The van der Waals surface area contributed by atoms with Crippen LogP contribution in [0, 0.1) is 0 Å². The van der Waals surface area contributed by atoms with Gasteiger partial charge in [-0.25, -0.2) is 0 Å². The molecule has 0 amide bonds. The molecule has 1 fully saturated rings. The fraction of sp³-hybridized carbons (Fsp3) is 0.344. The summed E-state index contributed by atoms with van der Waals surface area (Å²) in [4.78, 5) is 8.13. The second-order valence-electron chi connectivity index (χ2n) is 9.88. The predicted octanol–water partition coefficient (Wildman–Crippen LogP) is 6.94. The molecule has 38 heavy (non-hydrogen) atoms. The Hall–Kier alpha value is -3.77. The molecule has 0 saturated carbocycles. The number of rotatable bonds is 11. The molecular weight excluding hydrogens is 470 g/mol. The number of benzene rings is 2. The van der Waals surface area contributed by atoms with Crippen molar-refractivity contribution in [1.82, 2.24) is 20.1 Å².